The predicted octanol–water partition coefficient (Wildman–Crippen LogP) is 5.50. The number of imidazole rings is 1. The number of benzene rings is 2. The van der Waals surface area contributed by atoms with Crippen LogP contribution in [0.5, 0.6) is 0 Å². The molecule has 0 atom stereocenters. The summed E-state index contributed by atoms with van der Waals surface area (Å²) in [5.74, 6) is 2.56. The second kappa shape index (κ2) is 10.5. The number of carbonyl (C=O) groups excluding carboxylic acids is 1. The minimum atomic E-state index is -0.709. The monoisotopic (exact) mass is 513 g/mol. The molecule has 0 saturated heterocycles. The number of aryl methyl sites for hydroxylation is 2. The number of hydrogen-bond donors (Lipinski definition) is 1. The molecule has 0 radical (unpaired) electrons. The number of fused-ring (bicyclic) bond motifs is 4. The third-order valence-corrected chi connectivity index (χ3v) is 7.08. The summed E-state index contributed by atoms with van der Waals surface area (Å²) in [5, 5.41) is 12.2. The molecule has 0 bridgehead atoms. The fourth-order valence-electron chi connectivity index (χ4n) is 4.97. The van der Waals surface area contributed by atoms with E-state index in [9.17, 15) is 4.79 Å². The Labute approximate surface area is 222 Å². The lowest BCUT2D eigenvalue weighted by Gasteiger charge is -2.22. The molecule has 0 unspecified atom stereocenters. The normalized spacial score (nSPS) is 12.1. The van der Waals surface area contributed by atoms with Crippen molar-refractivity contribution in [3.05, 3.63) is 48.3 Å². The maximum atomic E-state index is 12.4. The second-order valence-electron chi connectivity index (χ2n) is 10.2. The molecule has 38 heavy (non-hydrogen) atoms. The van der Waals surface area contributed by atoms with Crippen molar-refractivity contribution in [2.24, 2.45) is 7.05 Å². The summed E-state index contributed by atoms with van der Waals surface area (Å²) < 4.78 is 9.72. The van der Waals surface area contributed by atoms with Gasteiger partial charge in [-0.25, -0.2) is 9.97 Å². The number of ketones is 1. The van der Waals surface area contributed by atoms with Gasteiger partial charge in [0.05, 0.1) is 22.1 Å². The van der Waals surface area contributed by atoms with Gasteiger partial charge in [0.1, 0.15) is 17.2 Å². The third kappa shape index (κ3) is 4.86. The number of unbranched alkanes of at least 4 members (excludes halogenated alkanes) is 2. The third-order valence-electron chi connectivity index (χ3n) is 7.08. The van der Waals surface area contributed by atoms with Crippen molar-refractivity contribution in [2.75, 3.05) is 18.5 Å². The lowest BCUT2D eigenvalue weighted by Crippen LogP contribution is -2.34. The van der Waals surface area contributed by atoms with Gasteiger partial charge in [-0.15, -0.1) is 10.2 Å². The van der Waals surface area contributed by atoms with Gasteiger partial charge >= 0.3 is 0 Å². The first-order valence-corrected chi connectivity index (χ1v) is 13.3. The Kier molecular flexibility index (Phi) is 7.12. The topological polar surface area (TPSA) is 99.2 Å². The van der Waals surface area contributed by atoms with Crippen LogP contribution >= 0.6 is 0 Å². The Morgan fingerprint density at radius 1 is 1.00 bits per heavy atom. The number of hydrogen-bond acceptors (Lipinski definition) is 7. The first kappa shape index (κ1) is 25.8. The summed E-state index contributed by atoms with van der Waals surface area (Å²) in [5.41, 5.74) is 4.85. The Morgan fingerprint density at radius 2 is 1.82 bits per heavy atom. The number of carbonyl (C=O) groups is 1. The van der Waals surface area contributed by atoms with Gasteiger partial charge in [-0.3, -0.25) is 9.20 Å². The Hall–Kier alpha value is -3.85. The zero-order valence-electron chi connectivity index (χ0n) is 22.8. The Morgan fingerprint density at radius 3 is 2.61 bits per heavy atom. The number of anilines is 1. The summed E-state index contributed by atoms with van der Waals surface area (Å²) in [6.07, 6.45) is 3.22. The number of para-hydroxylation sites is 2. The minimum absolute atomic E-state index is 0.153. The van der Waals surface area contributed by atoms with Crippen molar-refractivity contribution < 1.29 is 9.53 Å². The molecule has 9 nitrogen and oxygen atoms in total. The standard InChI is InChI=1S/C29H35N7O2/c1-6-38-29(3,4)25(37)14-8-7-11-17-30-26-28-34-33-19(2)36(28)24-16-15-20(18-22(24)31-26)27-32-21-12-9-10-13-23(21)35(27)5/h9-10,12-13,15-16,18H,6-8,11,14,17H2,1-5H3,(H,30,31). The number of ether oxygens (including phenoxy) is 1. The van der Waals surface area contributed by atoms with Crippen molar-refractivity contribution in [3.8, 4) is 11.4 Å². The highest BCUT2D eigenvalue weighted by Gasteiger charge is 2.26. The fourth-order valence-corrected chi connectivity index (χ4v) is 4.97. The van der Waals surface area contributed by atoms with Gasteiger partial charge in [-0.05, 0) is 70.9 Å². The molecule has 0 fully saturated rings. The van der Waals surface area contributed by atoms with Crippen molar-refractivity contribution in [1.82, 2.24) is 29.1 Å². The van der Waals surface area contributed by atoms with Crippen molar-refractivity contribution in [1.29, 1.82) is 0 Å². The summed E-state index contributed by atoms with van der Waals surface area (Å²) >= 11 is 0. The van der Waals surface area contributed by atoms with Gasteiger partial charge in [-0.2, -0.15) is 0 Å². The van der Waals surface area contributed by atoms with Crippen molar-refractivity contribution in [3.63, 3.8) is 0 Å². The van der Waals surface area contributed by atoms with Gasteiger partial charge in [0.15, 0.2) is 11.6 Å². The first-order chi connectivity index (χ1) is 18.3. The molecule has 5 aromatic rings. The highest BCUT2D eigenvalue weighted by Crippen LogP contribution is 2.28. The number of aromatic nitrogens is 6. The molecule has 0 aliphatic carbocycles. The van der Waals surface area contributed by atoms with Crippen LogP contribution in [0.15, 0.2) is 42.5 Å². The van der Waals surface area contributed by atoms with Gasteiger partial charge < -0.3 is 14.6 Å². The van der Waals surface area contributed by atoms with E-state index in [1.807, 2.05) is 57.3 Å². The Bertz CT molecular complexity index is 1620. The molecule has 9 heteroatoms. The highest BCUT2D eigenvalue weighted by atomic mass is 16.5. The summed E-state index contributed by atoms with van der Waals surface area (Å²) in [6, 6.07) is 14.3. The van der Waals surface area contributed by atoms with Gasteiger partial charge in [0.2, 0.25) is 5.65 Å². The summed E-state index contributed by atoms with van der Waals surface area (Å²) in [7, 11) is 2.04. The molecule has 3 aromatic heterocycles. The van der Waals surface area contributed by atoms with Crippen LogP contribution in [0.2, 0.25) is 0 Å². The number of Topliss-reactive ketones (excluding diaryl/α,β-unsaturated/α-hetero) is 1. The van der Waals surface area contributed by atoms with E-state index in [0.29, 0.717) is 24.5 Å². The van der Waals surface area contributed by atoms with E-state index in [2.05, 4.69) is 44.3 Å². The quantitative estimate of drug-likeness (QED) is 0.233. The molecule has 0 amide bonds. The van der Waals surface area contributed by atoms with Crippen LogP contribution < -0.4 is 5.32 Å². The van der Waals surface area contributed by atoms with Crippen LogP contribution in [-0.4, -0.2) is 53.7 Å². The zero-order valence-corrected chi connectivity index (χ0v) is 22.8. The van der Waals surface area contributed by atoms with E-state index in [0.717, 1.165) is 65.1 Å². The van der Waals surface area contributed by atoms with E-state index in [4.69, 9.17) is 14.7 Å². The van der Waals surface area contributed by atoms with Crippen LogP contribution in [-0.2, 0) is 16.6 Å². The second-order valence-corrected chi connectivity index (χ2v) is 10.2. The lowest BCUT2D eigenvalue weighted by atomic mass is 9.98. The SMILES string of the molecule is CCOC(C)(C)C(=O)CCCCCNc1nc2cc(-c3nc4ccccc4n3C)ccc2n2c(C)nnc12. The molecule has 2 aromatic carbocycles. The van der Waals surface area contributed by atoms with E-state index < -0.39 is 5.60 Å². The predicted molar refractivity (Wildman–Crippen MR) is 150 cm³/mol. The molecule has 0 aliphatic heterocycles. The molecular formula is C29H35N7O2. The zero-order chi connectivity index (χ0) is 26.9. The molecule has 0 aliphatic rings. The van der Waals surface area contributed by atoms with Gasteiger partial charge in [-0.1, -0.05) is 18.6 Å². The first-order valence-electron chi connectivity index (χ1n) is 13.3. The van der Waals surface area contributed by atoms with E-state index in [1.165, 1.54) is 0 Å². The van der Waals surface area contributed by atoms with Gasteiger partial charge in [0.25, 0.3) is 0 Å². The Balaban J connectivity index is 1.34. The summed E-state index contributed by atoms with van der Waals surface area (Å²) in [6.45, 7) is 8.82. The van der Waals surface area contributed by atoms with Crippen LogP contribution in [0.4, 0.5) is 5.82 Å². The van der Waals surface area contributed by atoms with Crippen molar-refractivity contribution in [2.45, 2.75) is 59.0 Å². The average Bonchev–Trinajstić information content (AvgIpc) is 3.46. The molecule has 3 heterocycles. The molecular weight excluding hydrogens is 478 g/mol. The largest absolute Gasteiger partial charge is 0.368 e. The molecule has 5 rings (SSSR count). The highest BCUT2D eigenvalue weighted by molar-refractivity contribution is 5.88. The van der Waals surface area contributed by atoms with Crippen molar-refractivity contribution >= 4 is 39.3 Å². The molecule has 0 saturated carbocycles. The van der Waals surface area contributed by atoms with Crippen LogP contribution in [0, 0.1) is 6.92 Å². The number of rotatable bonds is 11. The van der Waals surface area contributed by atoms with E-state index >= 15 is 0 Å². The van der Waals surface area contributed by atoms with Crippen LogP contribution in [0.1, 0.15) is 52.3 Å². The number of nitrogens with zero attached hydrogens (tertiary/aromatic N) is 6. The minimum Gasteiger partial charge on any atom is -0.368 e. The molecule has 0 spiro atoms. The lowest BCUT2D eigenvalue weighted by molar-refractivity contribution is -0.139. The molecule has 198 valence electrons. The van der Waals surface area contributed by atoms with Crippen LogP contribution in [0.3, 0.4) is 0 Å². The molecule has 1 N–H and O–H groups in total. The summed E-state index contributed by atoms with van der Waals surface area (Å²) in [4.78, 5) is 22.2. The maximum Gasteiger partial charge on any atom is 0.204 e. The maximum absolute atomic E-state index is 12.4. The number of nitrogens with one attached hydrogen (secondary N) is 1. The van der Waals surface area contributed by atoms with E-state index in [-0.39, 0.29) is 5.78 Å². The van der Waals surface area contributed by atoms with Gasteiger partial charge in [0, 0.05) is 32.2 Å². The van der Waals surface area contributed by atoms with E-state index in [1.54, 1.807) is 0 Å². The average molecular weight is 514 g/mol. The smallest absolute Gasteiger partial charge is 0.204 e. The van der Waals surface area contributed by atoms with Crippen LogP contribution in [0.25, 0.3) is 39.1 Å². The fraction of sp³-hybridized carbons (Fsp3) is 0.414.